The van der Waals surface area contributed by atoms with Crippen LogP contribution < -0.4 is 5.32 Å². The molecule has 0 amide bonds. The van der Waals surface area contributed by atoms with Crippen molar-refractivity contribution in [1.29, 1.82) is 0 Å². The van der Waals surface area contributed by atoms with Crippen LogP contribution in [-0.2, 0) is 0 Å². The number of hydrogen-bond acceptors (Lipinski definition) is 5. The highest BCUT2D eigenvalue weighted by molar-refractivity contribution is 7.09. The summed E-state index contributed by atoms with van der Waals surface area (Å²) in [6, 6.07) is 7.93. The van der Waals surface area contributed by atoms with Crippen molar-refractivity contribution in [2.45, 2.75) is 19.8 Å². The second-order valence-corrected chi connectivity index (χ2v) is 5.72. The van der Waals surface area contributed by atoms with Crippen LogP contribution in [0, 0.1) is 6.92 Å². The maximum absolute atomic E-state index is 4.64. The number of fused-ring (bicyclic) bond motifs is 1. The van der Waals surface area contributed by atoms with Gasteiger partial charge in [0.2, 0.25) is 0 Å². The van der Waals surface area contributed by atoms with Crippen LogP contribution in [-0.4, -0.2) is 21.5 Å². The summed E-state index contributed by atoms with van der Waals surface area (Å²) < 4.78 is 0. The third-order valence-corrected chi connectivity index (χ3v) is 4.20. The number of thiazole rings is 1. The van der Waals surface area contributed by atoms with E-state index in [4.69, 9.17) is 0 Å². The van der Waals surface area contributed by atoms with Gasteiger partial charge in [-0.2, -0.15) is 0 Å². The zero-order valence-corrected chi connectivity index (χ0v) is 12.3. The Bertz CT molecular complexity index is 709. The van der Waals surface area contributed by atoms with Crippen molar-refractivity contribution >= 4 is 28.2 Å². The Hall–Kier alpha value is -2.01. The molecule has 0 radical (unpaired) electrons. The highest BCUT2D eigenvalue weighted by Gasteiger charge is 2.10. The molecule has 4 nitrogen and oxygen atoms in total. The molecule has 1 atom stereocenters. The molecule has 20 heavy (non-hydrogen) atoms. The number of anilines is 1. The molecule has 102 valence electrons. The van der Waals surface area contributed by atoms with E-state index in [9.17, 15) is 0 Å². The van der Waals surface area contributed by atoms with Crippen LogP contribution in [0.3, 0.4) is 0 Å². The molecule has 3 aromatic rings. The van der Waals surface area contributed by atoms with Gasteiger partial charge in [-0.05, 0) is 19.1 Å². The van der Waals surface area contributed by atoms with Crippen LogP contribution in [0.25, 0.3) is 11.0 Å². The lowest BCUT2D eigenvalue weighted by molar-refractivity contribution is 0.790. The van der Waals surface area contributed by atoms with E-state index in [1.165, 1.54) is 0 Å². The van der Waals surface area contributed by atoms with Gasteiger partial charge >= 0.3 is 0 Å². The lowest BCUT2D eigenvalue weighted by Crippen LogP contribution is -2.12. The molecule has 5 heteroatoms. The Kier molecular flexibility index (Phi) is 3.60. The summed E-state index contributed by atoms with van der Waals surface area (Å²) in [5.74, 6) is 1.22. The summed E-state index contributed by atoms with van der Waals surface area (Å²) in [5.41, 5.74) is 2.78. The van der Waals surface area contributed by atoms with E-state index in [1.807, 2.05) is 42.8 Å². The molecule has 1 N–H and O–H groups in total. The number of aromatic nitrogens is 3. The number of nitrogens with one attached hydrogen (secondary N) is 1. The number of hydrogen-bond donors (Lipinski definition) is 1. The quantitative estimate of drug-likeness (QED) is 0.795. The Morgan fingerprint density at radius 3 is 2.65 bits per heavy atom. The molecule has 0 spiro atoms. The molecule has 0 bridgehead atoms. The lowest BCUT2D eigenvalue weighted by Gasteiger charge is -2.12. The number of para-hydroxylation sites is 2. The van der Waals surface area contributed by atoms with Crippen LogP contribution in [0.4, 0.5) is 5.82 Å². The zero-order valence-electron chi connectivity index (χ0n) is 11.5. The van der Waals surface area contributed by atoms with Crippen LogP contribution in [0.5, 0.6) is 0 Å². The molecule has 3 rings (SSSR count). The van der Waals surface area contributed by atoms with Crippen molar-refractivity contribution < 1.29 is 0 Å². The molecule has 2 aromatic heterocycles. The fourth-order valence-electron chi connectivity index (χ4n) is 2.07. The summed E-state index contributed by atoms with van der Waals surface area (Å²) >= 11 is 1.69. The Labute approximate surface area is 121 Å². The van der Waals surface area contributed by atoms with Gasteiger partial charge in [0.1, 0.15) is 5.82 Å². The predicted molar refractivity (Wildman–Crippen MR) is 83.3 cm³/mol. The second-order valence-electron chi connectivity index (χ2n) is 4.80. The monoisotopic (exact) mass is 284 g/mol. The van der Waals surface area contributed by atoms with Crippen LogP contribution >= 0.6 is 11.3 Å². The van der Waals surface area contributed by atoms with Gasteiger partial charge in [0.25, 0.3) is 0 Å². The van der Waals surface area contributed by atoms with Crippen LogP contribution in [0.1, 0.15) is 23.5 Å². The Balaban J connectivity index is 1.79. The standard InChI is InChI=1S/C15H16N4S/c1-10(15-16-7-8-20-15)9-17-14-11(2)18-12-5-3-4-6-13(12)19-14/h3-8,10H,9H2,1-2H3,(H,17,19). The van der Waals surface area contributed by atoms with Crippen molar-refractivity contribution in [2.24, 2.45) is 0 Å². The van der Waals surface area contributed by atoms with Gasteiger partial charge in [0.15, 0.2) is 0 Å². The van der Waals surface area contributed by atoms with E-state index in [2.05, 4.69) is 27.2 Å². The van der Waals surface area contributed by atoms with Crippen molar-refractivity contribution in [3.63, 3.8) is 0 Å². The number of rotatable bonds is 4. The van der Waals surface area contributed by atoms with Crippen molar-refractivity contribution in [3.8, 4) is 0 Å². The summed E-state index contributed by atoms with van der Waals surface area (Å²) in [7, 11) is 0. The van der Waals surface area contributed by atoms with E-state index >= 15 is 0 Å². The minimum absolute atomic E-state index is 0.364. The smallest absolute Gasteiger partial charge is 0.148 e. The topological polar surface area (TPSA) is 50.7 Å². The number of nitrogens with zero attached hydrogens (tertiary/aromatic N) is 3. The van der Waals surface area contributed by atoms with Gasteiger partial charge in [-0.25, -0.2) is 15.0 Å². The van der Waals surface area contributed by atoms with Crippen LogP contribution in [0.2, 0.25) is 0 Å². The molecule has 2 heterocycles. The Morgan fingerprint density at radius 1 is 1.20 bits per heavy atom. The van der Waals surface area contributed by atoms with E-state index in [-0.39, 0.29) is 0 Å². The lowest BCUT2D eigenvalue weighted by atomic mass is 10.2. The molecule has 1 aromatic carbocycles. The van der Waals surface area contributed by atoms with Gasteiger partial charge < -0.3 is 5.32 Å². The van der Waals surface area contributed by atoms with E-state index < -0.39 is 0 Å². The molecule has 0 fully saturated rings. The minimum atomic E-state index is 0.364. The van der Waals surface area contributed by atoms with Gasteiger partial charge in [0, 0.05) is 24.0 Å². The molecular weight excluding hydrogens is 268 g/mol. The fourth-order valence-corrected chi connectivity index (χ4v) is 2.77. The molecular formula is C15H16N4S. The highest BCUT2D eigenvalue weighted by Crippen LogP contribution is 2.20. The maximum Gasteiger partial charge on any atom is 0.148 e. The van der Waals surface area contributed by atoms with Crippen molar-refractivity contribution in [1.82, 2.24) is 15.0 Å². The van der Waals surface area contributed by atoms with Gasteiger partial charge in [-0.1, -0.05) is 19.1 Å². The van der Waals surface area contributed by atoms with Gasteiger partial charge in [-0.3, -0.25) is 0 Å². The van der Waals surface area contributed by atoms with Gasteiger partial charge in [-0.15, -0.1) is 11.3 Å². The molecule has 0 saturated heterocycles. The van der Waals surface area contributed by atoms with Crippen molar-refractivity contribution in [2.75, 3.05) is 11.9 Å². The molecule has 1 unspecified atom stereocenters. The molecule has 0 aliphatic carbocycles. The largest absolute Gasteiger partial charge is 0.368 e. The first kappa shape index (κ1) is 13.0. The first-order valence-corrected chi connectivity index (χ1v) is 7.48. The van der Waals surface area contributed by atoms with E-state index in [0.29, 0.717) is 5.92 Å². The molecule has 0 aliphatic heterocycles. The first-order chi connectivity index (χ1) is 9.74. The summed E-state index contributed by atoms with van der Waals surface area (Å²) in [4.78, 5) is 13.6. The molecule has 0 aliphatic rings. The third kappa shape index (κ3) is 2.63. The average Bonchev–Trinajstić information content (AvgIpc) is 2.99. The SMILES string of the molecule is Cc1nc2ccccc2nc1NCC(C)c1nccs1. The predicted octanol–water partition coefficient (Wildman–Crippen LogP) is 3.61. The van der Waals surface area contributed by atoms with Crippen molar-refractivity contribution in [3.05, 3.63) is 46.5 Å². The normalized spacial score (nSPS) is 12.5. The number of aryl methyl sites for hydroxylation is 1. The highest BCUT2D eigenvalue weighted by atomic mass is 32.1. The Morgan fingerprint density at radius 2 is 1.95 bits per heavy atom. The summed E-state index contributed by atoms with van der Waals surface area (Å²) in [6.45, 7) is 4.95. The summed E-state index contributed by atoms with van der Waals surface area (Å²) in [6.07, 6.45) is 1.84. The van der Waals surface area contributed by atoms with Crippen LogP contribution in [0.15, 0.2) is 35.8 Å². The third-order valence-electron chi connectivity index (χ3n) is 3.19. The maximum atomic E-state index is 4.64. The number of benzene rings is 1. The minimum Gasteiger partial charge on any atom is -0.368 e. The second kappa shape index (κ2) is 5.54. The average molecular weight is 284 g/mol. The zero-order chi connectivity index (χ0) is 13.9. The van der Waals surface area contributed by atoms with Gasteiger partial charge in [0.05, 0.1) is 21.7 Å². The van der Waals surface area contributed by atoms with E-state index in [0.717, 1.165) is 34.1 Å². The summed E-state index contributed by atoms with van der Waals surface area (Å²) in [5, 5.41) is 6.54. The van der Waals surface area contributed by atoms with E-state index in [1.54, 1.807) is 11.3 Å². The first-order valence-electron chi connectivity index (χ1n) is 6.60. The fraction of sp³-hybridized carbons (Fsp3) is 0.267. The molecule has 0 saturated carbocycles.